The zero-order chi connectivity index (χ0) is 17.7. The number of nitrogens with zero attached hydrogens (tertiary/aromatic N) is 2. The number of unbranched alkanes of at least 4 members (excludes halogenated alkanes) is 8. The molecule has 0 aliphatic rings. The Hall–Kier alpha value is -0.920. The molecule has 0 spiro atoms. The van der Waals surface area contributed by atoms with E-state index < -0.39 is 10.1 Å². The average Bonchev–Trinajstić information content (AvgIpc) is 2.96. The zero-order valence-corrected chi connectivity index (χ0v) is 15.5. The second-order valence-electron chi connectivity index (χ2n) is 6.43. The summed E-state index contributed by atoms with van der Waals surface area (Å²) in [6.07, 6.45) is 17.2. The van der Waals surface area contributed by atoms with E-state index in [-0.39, 0.29) is 5.75 Å². The first-order valence-corrected chi connectivity index (χ1v) is 10.7. The molecule has 0 bridgehead atoms. The van der Waals surface area contributed by atoms with E-state index in [1.165, 1.54) is 38.5 Å². The van der Waals surface area contributed by atoms with Crippen molar-refractivity contribution in [2.75, 3.05) is 12.4 Å². The molecule has 1 aromatic heterocycles. The number of aromatic nitrogens is 2. The summed E-state index contributed by atoms with van der Waals surface area (Å²) in [5.74, 6) is -0.189. The Morgan fingerprint density at radius 1 is 0.875 bits per heavy atom. The van der Waals surface area contributed by atoms with Gasteiger partial charge < -0.3 is 5.11 Å². The maximum atomic E-state index is 10.7. The van der Waals surface area contributed by atoms with Crippen LogP contribution in [0.25, 0.3) is 0 Å². The van der Waals surface area contributed by atoms with E-state index in [9.17, 15) is 8.42 Å². The Balaban J connectivity index is 2.00. The minimum Gasteiger partial charge on any atom is -0.396 e. The fourth-order valence-corrected chi connectivity index (χ4v) is 3.27. The van der Waals surface area contributed by atoms with E-state index in [1.807, 2.05) is 23.3 Å². The van der Waals surface area contributed by atoms with Crippen LogP contribution in [0.1, 0.15) is 64.2 Å². The SMILES string of the molecule is O=S(=O)(O)CCC[n+]1ccn(CCCCCCCCCCCO)c1. The maximum absolute atomic E-state index is 10.7. The molecule has 7 heteroatoms. The van der Waals surface area contributed by atoms with Crippen molar-refractivity contribution in [3.63, 3.8) is 0 Å². The Kier molecular flexibility index (Phi) is 11.0. The largest absolute Gasteiger partial charge is 0.396 e. The number of rotatable bonds is 15. The molecule has 0 atom stereocenters. The molecule has 0 fully saturated rings. The van der Waals surface area contributed by atoms with Crippen LogP contribution in [-0.2, 0) is 23.2 Å². The normalized spacial score (nSPS) is 11.9. The minimum absolute atomic E-state index is 0.189. The smallest absolute Gasteiger partial charge is 0.265 e. The Morgan fingerprint density at radius 3 is 2.04 bits per heavy atom. The van der Waals surface area contributed by atoms with Gasteiger partial charge in [0.2, 0.25) is 6.33 Å². The van der Waals surface area contributed by atoms with Crippen LogP contribution in [0.15, 0.2) is 18.7 Å². The van der Waals surface area contributed by atoms with Crippen LogP contribution in [0, 0.1) is 0 Å². The van der Waals surface area contributed by atoms with E-state index in [2.05, 4.69) is 4.57 Å². The molecule has 24 heavy (non-hydrogen) atoms. The van der Waals surface area contributed by atoms with Crippen LogP contribution in [-0.4, -0.2) is 35.0 Å². The van der Waals surface area contributed by atoms with Crippen molar-refractivity contribution in [1.29, 1.82) is 0 Å². The lowest BCUT2D eigenvalue weighted by Gasteiger charge is -2.01. The first-order valence-electron chi connectivity index (χ1n) is 9.12. The molecule has 0 aromatic carbocycles. The van der Waals surface area contributed by atoms with Gasteiger partial charge >= 0.3 is 0 Å². The van der Waals surface area contributed by atoms with E-state index in [1.54, 1.807) is 0 Å². The van der Waals surface area contributed by atoms with Crippen molar-refractivity contribution in [2.45, 2.75) is 77.3 Å². The van der Waals surface area contributed by atoms with Crippen LogP contribution in [0.3, 0.4) is 0 Å². The average molecular weight is 362 g/mol. The van der Waals surface area contributed by atoms with Crippen LogP contribution in [0.4, 0.5) is 0 Å². The third-order valence-corrected chi connectivity index (χ3v) is 4.94. The lowest BCUT2D eigenvalue weighted by atomic mass is 10.1. The summed E-state index contributed by atoms with van der Waals surface area (Å²) in [7, 11) is -3.85. The molecule has 140 valence electrons. The zero-order valence-electron chi connectivity index (χ0n) is 14.6. The van der Waals surface area contributed by atoms with Gasteiger partial charge in [-0.25, -0.2) is 9.13 Å². The van der Waals surface area contributed by atoms with Gasteiger partial charge in [-0.05, 0) is 19.3 Å². The molecule has 1 rings (SSSR count). The van der Waals surface area contributed by atoms with Gasteiger partial charge in [-0.15, -0.1) is 0 Å². The number of hydrogen-bond acceptors (Lipinski definition) is 3. The lowest BCUT2D eigenvalue weighted by molar-refractivity contribution is -0.696. The first kappa shape index (κ1) is 21.1. The molecular formula is C17H33N2O4S+. The van der Waals surface area contributed by atoms with Gasteiger partial charge in [0.25, 0.3) is 10.1 Å². The molecule has 1 heterocycles. The molecule has 6 nitrogen and oxygen atoms in total. The second kappa shape index (κ2) is 12.4. The van der Waals surface area contributed by atoms with Crippen molar-refractivity contribution in [1.82, 2.24) is 4.57 Å². The summed E-state index contributed by atoms with van der Waals surface area (Å²) in [6.45, 7) is 1.91. The van der Waals surface area contributed by atoms with Gasteiger partial charge in [-0.2, -0.15) is 8.42 Å². The molecule has 2 N–H and O–H groups in total. The molecule has 0 amide bonds. The first-order chi connectivity index (χ1) is 11.5. The lowest BCUT2D eigenvalue weighted by Crippen LogP contribution is -2.32. The highest BCUT2D eigenvalue weighted by Gasteiger charge is 2.07. The third-order valence-electron chi connectivity index (χ3n) is 4.14. The highest BCUT2D eigenvalue weighted by Crippen LogP contribution is 2.10. The van der Waals surface area contributed by atoms with Crippen LogP contribution >= 0.6 is 0 Å². The number of aryl methyl sites for hydroxylation is 2. The second-order valence-corrected chi connectivity index (χ2v) is 8.01. The Labute approximate surface area is 146 Å². The third kappa shape index (κ3) is 11.6. The van der Waals surface area contributed by atoms with Crippen LogP contribution < -0.4 is 4.57 Å². The van der Waals surface area contributed by atoms with Gasteiger partial charge in [0, 0.05) is 13.0 Å². The van der Waals surface area contributed by atoms with Gasteiger partial charge in [-0.3, -0.25) is 4.55 Å². The molecule has 1 aromatic rings. The molecule has 0 unspecified atom stereocenters. The molecule has 0 saturated heterocycles. The van der Waals surface area contributed by atoms with E-state index in [4.69, 9.17) is 9.66 Å². The number of aliphatic hydroxyl groups excluding tert-OH is 1. The Bertz CT molecular complexity index is 528. The molecular weight excluding hydrogens is 328 g/mol. The number of hydrogen-bond donors (Lipinski definition) is 2. The van der Waals surface area contributed by atoms with Crippen molar-refractivity contribution < 1.29 is 22.6 Å². The summed E-state index contributed by atoms with van der Waals surface area (Å²) in [6, 6.07) is 0. The standard InChI is InChI=1S/C17H32N2O4S/c20-15-9-7-5-3-1-2-4-6-8-11-18-13-14-19(17-18)12-10-16-24(21,22)23/h13-14,17,20H,1-12,15-16H2/p+1. The van der Waals surface area contributed by atoms with Gasteiger partial charge in [-0.1, -0.05) is 38.5 Å². The Morgan fingerprint density at radius 2 is 1.46 bits per heavy atom. The highest BCUT2D eigenvalue weighted by molar-refractivity contribution is 7.85. The number of imidazole rings is 1. The maximum Gasteiger partial charge on any atom is 0.265 e. The van der Waals surface area contributed by atoms with Gasteiger partial charge in [0.05, 0.1) is 18.8 Å². The molecule has 0 aliphatic carbocycles. The summed E-state index contributed by atoms with van der Waals surface area (Å²) in [5, 5.41) is 8.70. The fraction of sp³-hybridized carbons (Fsp3) is 0.824. The molecule has 0 radical (unpaired) electrons. The molecule has 0 aliphatic heterocycles. The summed E-state index contributed by atoms with van der Waals surface area (Å²) in [5.41, 5.74) is 0. The van der Waals surface area contributed by atoms with Crippen molar-refractivity contribution in [3.05, 3.63) is 18.7 Å². The quantitative estimate of drug-likeness (QED) is 0.286. The number of aliphatic hydroxyl groups is 1. The summed E-state index contributed by atoms with van der Waals surface area (Å²) < 4.78 is 34.1. The van der Waals surface area contributed by atoms with Crippen molar-refractivity contribution >= 4 is 10.1 Å². The van der Waals surface area contributed by atoms with Crippen molar-refractivity contribution in [3.8, 4) is 0 Å². The van der Waals surface area contributed by atoms with Crippen molar-refractivity contribution in [2.24, 2.45) is 0 Å². The molecule has 0 saturated carbocycles. The highest BCUT2D eigenvalue weighted by atomic mass is 32.2. The predicted octanol–water partition coefficient (Wildman–Crippen LogP) is 2.56. The fourth-order valence-electron chi connectivity index (χ4n) is 2.78. The topological polar surface area (TPSA) is 83.4 Å². The predicted molar refractivity (Wildman–Crippen MR) is 94.3 cm³/mol. The van der Waals surface area contributed by atoms with Gasteiger partial charge in [0.15, 0.2) is 0 Å². The van der Waals surface area contributed by atoms with Crippen LogP contribution in [0.2, 0.25) is 0 Å². The summed E-state index contributed by atoms with van der Waals surface area (Å²) >= 11 is 0. The van der Waals surface area contributed by atoms with Gasteiger partial charge in [0.1, 0.15) is 12.4 Å². The van der Waals surface area contributed by atoms with E-state index in [0.717, 1.165) is 25.8 Å². The monoisotopic (exact) mass is 361 g/mol. The van der Waals surface area contributed by atoms with Crippen LogP contribution in [0.5, 0.6) is 0 Å². The summed E-state index contributed by atoms with van der Waals surface area (Å²) in [4.78, 5) is 0. The van der Waals surface area contributed by atoms with E-state index in [0.29, 0.717) is 19.6 Å². The van der Waals surface area contributed by atoms with E-state index >= 15 is 0 Å². The minimum atomic E-state index is -3.85.